The van der Waals surface area contributed by atoms with Crippen molar-refractivity contribution >= 4 is 5.91 Å². The van der Waals surface area contributed by atoms with Gasteiger partial charge in [-0.3, -0.25) is 9.78 Å². The van der Waals surface area contributed by atoms with E-state index >= 15 is 0 Å². The number of aromatic nitrogens is 1. The molecule has 1 aromatic rings. The van der Waals surface area contributed by atoms with E-state index in [1.165, 1.54) is 0 Å². The molecule has 1 aromatic heterocycles. The molecule has 18 heavy (non-hydrogen) atoms. The molecule has 5 nitrogen and oxygen atoms in total. The van der Waals surface area contributed by atoms with Crippen LogP contribution >= 0.6 is 0 Å². The minimum atomic E-state index is -0.749. The molecule has 1 saturated heterocycles. The van der Waals surface area contributed by atoms with Crippen molar-refractivity contribution in [2.75, 3.05) is 19.8 Å². The van der Waals surface area contributed by atoms with E-state index in [1.807, 2.05) is 6.92 Å². The highest BCUT2D eigenvalue weighted by Gasteiger charge is 2.27. The molecule has 0 aromatic carbocycles. The average Bonchev–Trinajstić information content (AvgIpc) is 2.38. The Labute approximate surface area is 106 Å². The van der Waals surface area contributed by atoms with Crippen molar-refractivity contribution in [3.05, 3.63) is 29.6 Å². The first-order valence-corrected chi connectivity index (χ1v) is 6.13. The van der Waals surface area contributed by atoms with Crippen LogP contribution < -0.4 is 0 Å². The molecule has 2 atom stereocenters. The molecule has 2 heterocycles. The summed E-state index contributed by atoms with van der Waals surface area (Å²) in [5.74, 6) is -0.0881. The lowest BCUT2D eigenvalue weighted by atomic mass is 10.1. The molecule has 0 spiro atoms. The Bertz CT molecular complexity index is 434. The Hall–Kier alpha value is -1.46. The zero-order valence-electron chi connectivity index (χ0n) is 10.7. The van der Waals surface area contributed by atoms with E-state index < -0.39 is 6.10 Å². The van der Waals surface area contributed by atoms with Gasteiger partial charge in [0.15, 0.2) is 0 Å². The number of carbonyl (C=O) groups excluding carboxylic acids is 1. The predicted octanol–water partition coefficient (Wildman–Crippen LogP) is 0.996. The summed E-state index contributed by atoms with van der Waals surface area (Å²) in [6.07, 6.45) is 0.836. The van der Waals surface area contributed by atoms with Crippen molar-refractivity contribution in [1.82, 2.24) is 9.88 Å². The molecule has 0 aliphatic carbocycles. The van der Waals surface area contributed by atoms with Gasteiger partial charge in [0.2, 0.25) is 0 Å². The standard InChI is InChI=1S/C13H18N2O3/c1-9-8-18-7-6-15(9)13(17)11-4-3-5-14-12(11)10(2)16/h3-5,9-10,16H,6-8H2,1-2H3. The maximum atomic E-state index is 12.5. The largest absolute Gasteiger partial charge is 0.387 e. The van der Waals surface area contributed by atoms with Crippen LogP contribution in [-0.2, 0) is 4.74 Å². The quantitative estimate of drug-likeness (QED) is 0.850. The maximum Gasteiger partial charge on any atom is 0.256 e. The van der Waals surface area contributed by atoms with Gasteiger partial charge in [0.05, 0.1) is 36.6 Å². The third kappa shape index (κ3) is 2.52. The lowest BCUT2D eigenvalue weighted by molar-refractivity contribution is 0.00332. The van der Waals surface area contributed by atoms with Crippen LogP contribution in [0.25, 0.3) is 0 Å². The van der Waals surface area contributed by atoms with Gasteiger partial charge in [0, 0.05) is 12.7 Å². The number of carbonyl (C=O) groups is 1. The molecular formula is C13H18N2O3. The summed E-state index contributed by atoms with van der Waals surface area (Å²) in [6, 6.07) is 3.47. The number of rotatable bonds is 2. The Morgan fingerprint density at radius 3 is 3.11 bits per heavy atom. The van der Waals surface area contributed by atoms with Crippen LogP contribution in [0.5, 0.6) is 0 Å². The summed E-state index contributed by atoms with van der Waals surface area (Å²) in [5.41, 5.74) is 0.905. The lowest BCUT2D eigenvalue weighted by Gasteiger charge is -2.33. The van der Waals surface area contributed by atoms with Gasteiger partial charge in [-0.1, -0.05) is 0 Å². The number of hydrogen-bond acceptors (Lipinski definition) is 4. The first kappa shape index (κ1) is 13.0. The van der Waals surface area contributed by atoms with Crippen molar-refractivity contribution < 1.29 is 14.6 Å². The first-order valence-electron chi connectivity index (χ1n) is 6.13. The molecule has 1 fully saturated rings. The van der Waals surface area contributed by atoms with Gasteiger partial charge in [-0.25, -0.2) is 0 Å². The van der Waals surface area contributed by atoms with Crippen LogP contribution in [0.1, 0.15) is 36.0 Å². The fraction of sp³-hybridized carbons (Fsp3) is 0.538. The highest BCUT2D eigenvalue weighted by molar-refractivity contribution is 5.95. The SMILES string of the molecule is CC(O)c1ncccc1C(=O)N1CCOCC1C. The maximum absolute atomic E-state index is 12.5. The molecule has 1 aliphatic heterocycles. The number of hydrogen-bond donors (Lipinski definition) is 1. The van der Waals surface area contributed by atoms with E-state index in [4.69, 9.17) is 4.74 Å². The van der Waals surface area contributed by atoms with E-state index in [2.05, 4.69) is 4.98 Å². The third-order valence-corrected chi connectivity index (χ3v) is 3.09. The zero-order chi connectivity index (χ0) is 13.1. The van der Waals surface area contributed by atoms with Gasteiger partial charge >= 0.3 is 0 Å². The molecule has 2 rings (SSSR count). The molecule has 5 heteroatoms. The van der Waals surface area contributed by atoms with Crippen molar-refractivity contribution in [1.29, 1.82) is 0 Å². The fourth-order valence-corrected chi connectivity index (χ4v) is 2.11. The number of ether oxygens (including phenoxy) is 1. The normalized spacial score (nSPS) is 21.7. The summed E-state index contributed by atoms with van der Waals surface area (Å²) in [7, 11) is 0. The minimum Gasteiger partial charge on any atom is -0.387 e. The monoisotopic (exact) mass is 250 g/mol. The highest BCUT2D eigenvalue weighted by Crippen LogP contribution is 2.18. The van der Waals surface area contributed by atoms with Crippen LogP contribution in [0.3, 0.4) is 0 Å². The van der Waals surface area contributed by atoms with Crippen LogP contribution in [0.4, 0.5) is 0 Å². The van der Waals surface area contributed by atoms with Gasteiger partial charge in [-0.15, -0.1) is 0 Å². The number of pyridine rings is 1. The van der Waals surface area contributed by atoms with E-state index in [9.17, 15) is 9.90 Å². The van der Waals surface area contributed by atoms with Crippen LogP contribution in [0.2, 0.25) is 0 Å². The Morgan fingerprint density at radius 1 is 1.67 bits per heavy atom. The molecule has 0 saturated carbocycles. The highest BCUT2D eigenvalue weighted by atomic mass is 16.5. The van der Waals surface area contributed by atoms with Gasteiger partial charge in [0.25, 0.3) is 5.91 Å². The van der Waals surface area contributed by atoms with Crippen LogP contribution in [0, 0.1) is 0 Å². The number of aliphatic hydroxyl groups excluding tert-OH is 1. The summed E-state index contributed by atoms with van der Waals surface area (Å²) >= 11 is 0. The van der Waals surface area contributed by atoms with Gasteiger partial charge in [0.1, 0.15) is 0 Å². The summed E-state index contributed by atoms with van der Waals surface area (Å²) in [5, 5.41) is 9.66. The molecule has 1 aliphatic rings. The van der Waals surface area contributed by atoms with E-state index in [0.29, 0.717) is 31.0 Å². The second-order valence-electron chi connectivity index (χ2n) is 4.53. The minimum absolute atomic E-state index is 0.0494. The van der Waals surface area contributed by atoms with Crippen molar-refractivity contribution in [2.45, 2.75) is 26.0 Å². The molecule has 2 unspecified atom stereocenters. The Morgan fingerprint density at radius 2 is 2.44 bits per heavy atom. The van der Waals surface area contributed by atoms with E-state index in [1.54, 1.807) is 30.2 Å². The Kier molecular flexibility index (Phi) is 3.93. The summed E-state index contributed by atoms with van der Waals surface area (Å²) < 4.78 is 5.32. The van der Waals surface area contributed by atoms with Crippen molar-refractivity contribution in [3.63, 3.8) is 0 Å². The van der Waals surface area contributed by atoms with Gasteiger partial charge in [-0.2, -0.15) is 0 Å². The predicted molar refractivity (Wildman–Crippen MR) is 66.2 cm³/mol. The molecule has 0 radical (unpaired) electrons. The zero-order valence-corrected chi connectivity index (χ0v) is 10.7. The van der Waals surface area contributed by atoms with Crippen molar-refractivity contribution in [3.8, 4) is 0 Å². The number of amides is 1. The molecule has 0 bridgehead atoms. The molecule has 98 valence electrons. The van der Waals surface area contributed by atoms with E-state index in [0.717, 1.165) is 0 Å². The topological polar surface area (TPSA) is 62.7 Å². The molecule has 1 amide bonds. The third-order valence-electron chi connectivity index (χ3n) is 3.09. The van der Waals surface area contributed by atoms with Crippen LogP contribution in [-0.4, -0.2) is 46.7 Å². The smallest absolute Gasteiger partial charge is 0.256 e. The second-order valence-corrected chi connectivity index (χ2v) is 4.53. The number of aliphatic hydroxyl groups is 1. The lowest BCUT2D eigenvalue weighted by Crippen LogP contribution is -2.47. The summed E-state index contributed by atoms with van der Waals surface area (Å²) in [4.78, 5) is 18.3. The number of morpholine rings is 1. The fourth-order valence-electron chi connectivity index (χ4n) is 2.11. The van der Waals surface area contributed by atoms with Gasteiger partial charge < -0.3 is 14.7 Å². The molecular weight excluding hydrogens is 232 g/mol. The average molecular weight is 250 g/mol. The van der Waals surface area contributed by atoms with Crippen LogP contribution in [0.15, 0.2) is 18.3 Å². The summed E-state index contributed by atoms with van der Waals surface area (Å²) in [6.45, 7) is 5.25. The van der Waals surface area contributed by atoms with E-state index in [-0.39, 0.29) is 11.9 Å². The molecule has 1 N–H and O–H groups in total. The second kappa shape index (κ2) is 5.46. The number of nitrogens with zero attached hydrogens (tertiary/aromatic N) is 2. The Balaban J connectivity index is 2.28. The first-order chi connectivity index (χ1) is 8.61. The van der Waals surface area contributed by atoms with Crippen molar-refractivity contribution in [2.24, 2.45) is 0 Å². The van der Waals surface area contributed by atoms with Gasteiger partial charge in [-0.05, 0) is 26.0 Å².